The maximum absolute atomic E-state index is 12.1. The number of thioether (sulfide) groups is 1. The molecule has 9 nitrogen and oxygen atoms in total. The molecule has 2 aromatic heterocycles. The summed E-state index contributed by atoms with van der Waals surface area (Å²) in [5.41, 5.74) is -0.697. The molecule has 2 rings (SSSR count). The van der Waals surface area contributed by atoms with Crippen LogP contribution in [0.2, 0.25) is 0 Å². The Morgan fingerprint density at radius 3 is 2.77 bits per heavy atom. The SMILES string of the molecule is COCCn1c(SC(C)C(=O)O)nc2c1c(=O)[nH]c(=O)n2C. The fourth-order valence-corrected chi connectivity index (χ4v) is 2.77. The van der Waals surface area contributed by atoms with Gasteiger partial charge in [0.05, 0.1) is 6.61 Å². The van der Waals surface area contributed by atoms with Crippen LogP contribution >= 0.6 is 11.8 Å². The van der Waals surface area contributed by atoms with E-state index in [0.717, 1.165) is 11.8 Å². The van der Waals surface area contributed by atoms with Crippen molar-refractivity contribution in [1.29, 1.82) is 0 Å². The van der Waals surface area contributed by atoms with E-state index in [2.05, 4.69) is 9.97 Å². The van der Waals surface area contributed by atoms with E-state index in [4.69, 9.17) is 9.84 Å². The van der Waals surface area contributed by atoms with E-state index < -0.39 is 22.5 Å². The third kappa shape index (κ3) is 2.92. The molecule has 0 saturated heterocycles. The lowest BCUT2D eigenvalue weighted by Gasteiger charge is -2.09. The van der Waals surface area contributed by atoms with Gasteiger partial charge in [-0.25, -0.2) is 9.78 Å². The summed E-state index contributed by atoms with van der Waals surface area (Å²) in [6, 6.07) is 0. The Hall–Kier alpha value is -2.07. The maximum Gasteiger partial charge on any atom is 0.329 e. The third-order valence-corrected chi connectivity index (χ3v) is 4.20. The number of imidazole rings is 1. The quantitative estimate of drug-likeness (QED) is 0.695. The summed E-state index contributed by atoms with van der Waals surface area (Å²) >= 11 is 1.01. The Balaban J connectivity index is 2.66. The van der Waals surface area contributed by atoms with Crippen LogP contribution in [0.1, 0.15) is 6.92 Å². The number of aromatic nitrogens is 4. The smallest absolute Gasteiger partial charge is 0.329 e. The monoisotopic (exact) mass is 328 g/mol. The van der Waals surface area contributed by atoms with Crippen LogP contribution in [0, 0.1) is 0 Å². The number of hydrogen-bond acceptors (Lipinski definition) is 6. The van der Waals surface area contributed by atoms with Gasteiger partial charge in [-0.1, -0.05) is 11.8 Å². The minimum atomic E-state index is -0.988. The fourth-order valence-electron chi connectivity index (χ4n) is 1.90. The fraction of sp³-hybridized carbons (Fsp3) is 0.500. The van der Waals surface area contributed by atoms with E-state index in [1.807, 2.05) is 0 Å². The number of carboxylic acids is 1. The highest BCUT2D eigenvalue weighted by atomic mass is 32.2. The molecular weight excluding hydrogens is 312 g/mol. The Morgan fingerprint density at radius 2 is 2.18 bits per heavy atom. The zero-order valence-electron chi connectivity index (χ0n) is 12.3. The first-order chi connectivity index (χ1) is 10.4. The second-order valence-corrected chi connectivity index (χ2v) is 5.94. The molecule has 120 valence electrons. The lowest BCUT2D eigenvalue weighted by Crippen LogP contribution is -2.29. The van der Waals surface area contributed by atoms with Gasteiger partial charge in [0.1, 0.15) is 5.25 Å². The molecule has 0 saturated carbocycles. The molecule has 0 radical (unpaired) electrons. The van der Waals surface area contributed by atoms with Crippen LogP contribution in [0.5, 0.6) is 0 Å². The van der Waals surface area contributed by atoms with Crippen LogP contribution in [0.15, 0.2) is 14.7 Å². The van der Waals surface area contributed by atoms with Crippen LogP contribution in [0.25, 0.3) is 11.2 Å². The number of aryl methyl sites for hydroxylation is 1. The second kappa shape index (κ2) is 6.36. The molecule has 10 heteroatoms. The number of ether oxygens (including phenoxy) is 1. The molecule has 0 spiro atoms. The Labute approximate surface area is 128 Å². The van der Waals surface area contributed by atoms with Gasteiger partial charge in [-0.3, -0.25) is 19.1 Å². The van der Waals surface area contributed by atoms with E-state index in [9.17, 15) is 14.4 Å². The number of carbonyl (C=O) groups is 1. The summed E-state index contributed by atoms with van der Waals surface area (Å²) in [6.07, 6.45) is 0. The van der Waals surface area contributed by atoms with Crippen LogP contribution in [-0.4, -0.2) is 49.1 Å². The van der Waals surface area contributed by atoms with Crippen LogP contribution in [-0.2, 0) is 23.1 Å². The van der Waals surface area contributed by atoms with Crippen molar-refractivity contribution < 1.29 is 14.6 Å². The highest BCUT2D eigenvalue weighted by molar-refractivity contribution is 8.00. The Bertz CT molecular complexity index is 821. The summed E-state index contributed by atoms with van der Waals surface area (Å²) in [5.74, 6) is -0.988. The van der Waals surface area contributed by atoms with E-state index in [1.165, 1.54) is 25.6 Å². The first-order valence-electron chi connectivity index (χ1n) is 6.44. The number of nitrogens with zero attached hydrogens (tertiary/aromatic N) is 3. The molecule has 0 amide bonds. The first-order valence-corrected chi connectivity index (χ1v) is 7.32. The molecule has 0 aromatic carbocycles. The van der Waals surface area contributed by atoms with E-state index in [-0.39, 0.29) is 11.2 Å². The number of fused-ring (bicyclic) bond motifs is 1. The van der Waals surface area contributed by atoms with Crippen molar-refractivity contribution in [1.82, 2.24) is 19.1 Å². The van der Waals surface area contributed by atoms with Crippen molar-refractivity contribution in [3.63, 3.8) is 0 Å². The zero-order valence-corrected chi connectivity index (χ0v) is 13.1. The highest BCUT2D eigenvalue weighted by Crippen LogP contribution is 2.25. The first kappa shape index (κ1) is 16.3. The number of rotatable bonds is 6. The minimum Gasteiger partial charge on any atom is -0.480 e. The molecule has 2 N–H and O–H groups in total. The number of aromatic amines is 1. The van der Waals surface area contributed by atoms with Gasteiger partial charge in [-0.15, -0.1) is 0 Å². The van der Waals surface area contributed by atoms with Gasteiger partial charge in [0.2, 0.25) is 0 Å². The van der Waals surface area contributed by atoms with Crippen LogP contribution in [0.3, 0.4) is 0 Å². The molecule has 2 aromatic rings. The summed E-state index contributed by atoms with van der Waals surface area (Å²) in [6.45, 7) is 2.17. The topological polar surface area (TPSA) is 119 Å². The number of methoxy groups -OCH3 is 1. The summed E-state index contributed by atoms with van der Waals surface area (Å²) < 4.78 is 7.80. The standard InChI is InChI=1S/C12H16N4O5S/c1-6(10(18)19)22-12-13-8-7(16(12)4-5-21-3)9(17)14-11(20)15(8)2/h6H,4-5H2,1-3H3,(H,18,19)(H,14,17,20). The van der Waals surface area contributed by atoms with Crippen LogP contribution in [0.4, 0.5) is 0 Å². The van der Waals surface area contributed by atoms with Gasteiger partial charge in [0, 0.05) is 20.7 Å². The average molecular weight is 328 g/mol. The zero-order chi connectivity index (χ0) is 16.4. The average Bonchev–Trinajstić information content (AvgIpc) is 2.81. The Morgan fingerprint density at radius 1 is 1.50 bits per heavy atom. The molecule has 2 heterocycles. The molecule has 22 heavy (non-hydrogen) atoms. The number of nitrogens with one attached hydrogen (secondary N) is 1. The van der Waals surface area contributed by atoms with Crippen molar-refractivity contribution >= 4 is 28.9 Å². The van der Waals surface area contributed by atoms with Crippen molar-refractivity contribution in [3.05, 3.63) is 20.8 Å². The Kier molecular flexibility index (Phi) is 4.71. The van der Waals surface area contributed by atoms with Crippen LogP contribution < -0.4 is 11.2 Å². The van der Waals surface area contributed by atoms with Gasteiger partial charge in [0.15, 0.2) is 16.3 Å². The predicted molar refractivity (Wildman–Crippen MR) is 80.4 cm³/mol. The van der Waals surface area contributed by atoms with Gasteiger partial charge >= 0.3 is 11.7 Å². The number of hydrogen-bond donors (Lipinski definition) is 2. The molecule has 0 bridgehead atoms. The molecule has 0 aliphatic heterocycles. The van der Waals surface area contributed by atoms with E-state index in [1.54, 1.807) is 4.57 Å². The van der Waals surface area contributed by atoms with Gasteiger partial charge in [0.25, 0.3) is 5.56 Å². The largest absolute Gasteiger partial charge is 0.480 e. The van der Waals surface area contributed by atoms with Crippen molar-refractivity contribution in [2.45, 2.75) is 23.9 Å². The third-order valence-electron chi connectivity index (χ3n) is 3.12. The molecular formula is C12H16N4O5S. The minimum absolute atomic E-state index is 0.213. The molecule has 0 aliphatic carbocycles. The van der Waals surface area contributed by atoms with Gasteiger partial charge in [-0.2, -0.15) is 0 Å². The van der Waals surface area contributed by atoms with Gasteiger partial charge in [-0.05, 0) is 6.92 Å². The maximum atomic E-state index is 12.1. The molecule has 0 fully saturated rings. The number of H-pyrrole nitrogens is 1. The van der Waals surface area contributed by atoms with E-state index in [0.29, 0.717) is 18.3 Å². The summed E-state index contributed by atoms with van der Waals surface area (Å²) in [7, 11) is 3.01. The molecule has 0 aliphatic rings. The highest BCUT2D eigenvalue weighted by Gasteiger charge is 2.21. The molecule has 1 atom stereocenters. The number of carboxylic acid groups (broad SMARTS) is 1. The van der Waals surface area contributed by atoms with Crippen molar-refractivity contribution in [2.24, 2.45) is 7.05 Å². The van der Waals surface area contributed by atoms with Gasteiger partial charge < -0.3 is 14.4 Å². The number of aliphatic carboxylic acids is 1. The summed E-state index contributed by atoms with van der Waals surface area (Å²) in [4.78, 5) is 41.2. The van der Waals surface area contributed by atoms with Crippen molar-refractivity contribution in [2.75, 3.05) is 13.7 Å². The van der Waals surface area contributed by atoms with E-state index >= 15 is 0 Å². The molecule has 1 unspecified atom stereocenters. The summed E-state index contributed by atoms with van der Waals surface area (Å²) in [5, 5.41) is 8.65. The normalized spacial score (nSPS) is 12.7. The predicted octanol–water partition coefficient (Wildman–Crippen LogP) is -0.365. The lowest BCUT2D eigenvalue weighted by atomic mass is 10.5. The van der Waals surface area contributed by atoms with Crippen molar-refractivity contribution in [3.8, 4) is 0 Å². The second-order valence-electron chi connectivity index (χ2n) is 4.63. The lowest BCUT2D eigenvalue weighted by molar-refractivity contribution is -0.136.